The molecule has 2 aliphatic rings. The van der Waals surface area contributed by atoms with Gasteiger partial charge in [0.05, 0.1) is 12.0 Å². The zero-order chi connectivity index (χ0) is 28.1. The van der Waals surface area contributed by atoms with Gasteiger partial charge in [0.25, 0.3) is 5.91 Å². The van der Waals surface area contributed by atoms with E-state index in [0.29, 0.717) is 30.0 Å². The predicted molar refractivity (Wildman–Crippen MR) is 155 cm³/mol. The molecule has 0 atom stereocenters. The second kappa shape index (κ2) is 12.2. The third-order valence-electron chi connectivity index (χ3n) is 7.65. The summed E-state index contributed by atoms with van der Waals surface area (Å²) in [6.07, 6.45) is 6.52. The van der Waals surface area contributed by atoms with Gasteiger partial charge in [0.2, 0.25) is 15.9 Å². The van der Waals surface area contributed by atoms with Crippen LogP contribution in [0.4, 0.5) is 11.4 Å². The Morgan fingerprint density at radius 2 is 1.68 bits per heavy atom. The summed E-state index contributed by atoms with van der Waals surface area (Å²) >= 11 is 0. The molecular formula is C31H35N3O5S. The van der Waals surface area contributed by atoms with E-state index in [4.69, 9.17) is 4.74 Å². The van der Waals surface area contributed by atoms with Crippen LogP contribution in [0.1, 0.15) is 60.0 Å². The molecule has 2 amide bonds. The summed E-state index contributed by atoms with van der Waals surface area (Å²) in [5, 5.41) is 2.94. The highest BCUT2D eigenvalue weighted by Crippen LogP contribution is 2.32. The van der Waals surface area contributed by atoms with Crippen molar-refractivity contribution >= 4 is 33.2 Å². The number of carbonyl (C=O) groups excluding carboxylic acids is 2. The van der Waals surface area contributed by atoms with Gasteiger partial charge < -0.3 is 15.0 Å². The van der Waals surface area contributed by atoms with E-state index in [1.54, 1.807) is 60.5 Å². The molecule has 2 N–H and O–H groups in total. The van der Waals surface area contributed by atoms with E-state index in [1.165, 1.54) is 0 Å². The first-order valence-electron chi connectivity index (χ1n) is 13.8. The fraction of sp³-hybridized carbons (Fsp3) is 0.355. The number of methoxy groups -OCH3 is 1. The van der Waals surface area contributed by atoms with Crippen LogP contribution < -0.4 is 19.7 Å². The molecule has 0 bridgehead atoms. The van der Waals surface area contributed by atoms with E-state index < -0.39 is 10.0 Å². The molecule has 0 spiro atoms. The molecule has 0 unspecified atom stereocenters. The highest BCUT2D eigenvalue weighted by Gasteiger charge is 2.26. The van der Waals surface area contributed by atoms with Crippen molar-refractivity contribution < 1.29 is 22.7 Å². The standard InChI is InChI=1S/C31H35N3O5S/c1-39-27-14-11-24(12-15-27)31(36)34-20-19-23-10-13-26(21-29(23)34)32-30(35)18-9-22-7-16-28(17-8-22)40(37,38)33-25-5-3-2-4-6-25/h7-8,10-17,21,25,33H,2-6,9,18-20H2,1H3,(H,32,35). The van der Waals surface area contributed by atoms with Crippen molar-refractivity contribution in [1.29, 1.82) is 0 Å². The van der Waals surface area contributed by atoms with Crippen LogP contribution in [0.25, 0.3) is 0 Å². The van der Waals surface area contributed by atoms with E-state index in [2.05, 4.69) is 10.0 Å². The molecule has 1 aliphatic heterocycles. The molecule has 3 aromatic carbocycles. The average Bonchev–Trinajstić information content (AvgIpc) is 3.39. The Morgan fingerprint density at radius 1 is 0.950 bits per heavy atom. The number of carbonyl (C=O) groups is 2. The molecule has 5 rings (SSSR count). The van der Waals surface area contributed by atoms with Crippen molar-refractivity contribution in [2.45, 2.75) is 62.3 Å². The molecule has 1 fully saturated rings. The van der Waals surface area contributed by atoms with Crippen LogP contribution in [0, 0.1) is 0 Å². The Morgan fingerprint density at radius 3 is 2.38 bits per heavy atom. The number of fused-ring (bicyclic) bond motifs is 1. The molecule has 0 aromatic heterocycles. The highest BCUT2D eigenvalue weighted by atomic mass is 32.2. The second-order valence-corrected chi connectivity index (χ2v) is 12.1. The van der Waals surface area contributed by atoms with Gasteiger partial charge in [-0.1, -0.05) is 37.5 Å². The molecule has 8 nitrogen and oxygen atoms in total. The van der Waals surface area contributed by atoms with Crippen LogP contribution in [-0.2, 0) is 27.7 Å². The Bertz CT molecular complexity index is 1460. The maximum Gasteiger partial charge on any atom is 0.258 e. The van der Waals surface area contributed by atoms with Gasteiger partial charge in [-0.15, -0.1) is 0 Å². The largest absolute Gasteiger partial charge is 0.497 e. The minimum absolute atomic E-state index is 0.00832. The topological polar surface area (TPSA) is 105 Å². The maximum atomic E-state index is 13.1. The van der Waals surface area contributed by atoms with Crippen LogP contribution in [0.5, 0.6) is 5.75 Å². The van der Waals surface area contributed by atoms with Crippen molar-refractivity contribution in [1.82, 2.24) is 4.72 Å². The van der Waals surface area contributed by atoms with Crippen LogP contribution in [0.15, 0.2) is 71.6 Å². The molecule has 1 heterocycles. The normalized spacial score (nSPS) is 15.5. The summed E-state index contributed by atoms with van der Waals surface area (Å²) in [5.74, 6) is 0.446. The van der Waals surface area contributed by atoms with E-state index in [0.717, 1.165) is 55.3 Å². The summed E-state index contributed by atoms with van der Waals surface area (Å²) in [6, 6.07) is 19.4. The smallest absolute Gasteiger partial charge is 0.258 e. The lowest BCUT2D eigenvalue weighted by molar-refractivity contribution is -0.116. The number of ether oxygens (including phenoxy) is 1. The number of nitrogens with one attached hydrogen (secondary N) is 2. The first-order chi connectivity index (χ1) is 19.3. The highest BCUT2D eigenvalue weighted by molar-refractivity contribution is 7.89. The van der Waals surface area contributed by atoms with Gasteiger partial charge in [0.1, 0.15) is 5.75 Å². The van der Waals surface area contributed by atoms with Crippen molar-refractivity contribution in [2.75, 3.05) is 23.9 Å². The minimum atomic E-state index is -3.55. The van der Waals surface area contributed by atoms with Crippen molar-refractivity contribution in [3.8, 4) is 5.75 Å². The summed E-state index contributed by atoms with van der Waals surface area (Å²) in [5.41, 5.74) is 3.96. The van der Waals surface area contributed by atoms with Gasteiger partial charge in [-0.25, -0.2) is 13.1 Å². The lowest BCUT2D eigenvalue weighted by atomic mass is 9.96. The quantitative estimate of drug-likeness (QED) is 0.379. The Balaban J connectivity index is 1.16. The van der Waals surface area contributed by atoms with Crippen molar-refractivity contribution in [2.24, 2.45) is 0 Å². The molecule has 210 valence electrons. The lowest BCUT2D eigenvalue weighted by Gasteiger charge is -2.22. The molecule has 0 saturated heterocycles. The van der Waals surface area contributed by atoms with E-state index in [9.17, 15) is 18.0 Å². The number of anilines is 2. The first kappa shape index (κ1) is 27.9. The Kier molecular flexibility index (Phi) is 8.52. The van der Waals surface area contributed by atoms with Crippen LogP contribution in [0.2, 0.25) is 0 Å². The molecule has 3 aromatic rings. The second-order valence-electron chi connectivity index (χ2n) is 10.4. The number of amides is 2. The number of rotatable bonds is 9. The first-order valence-corrected chi connectivity index (χ1v) is 15.3. The Labute approximate surface area is 235 Å². The molecule has 1 saturated carbocycles. The monoisotopic (exact) mass is 561 g/mol. The zero-order valence-corrected chi connectivity index (χ0v) is 23.5. The fourth-order valence-corrected chi connectivity index (χ4v) is 6.69. The van der Waals surface area contributed by atoms with Crippen molar-refractivity contribution in [3.63, 3.8) is 0 Å². The number of hydrogen-bond donors (Lipinski definition) is 2. The molecular weight excluding hydrogens is 526 g/mol. The fourth-order valence-electron chi connectivity index (χ4n) is 5.38. The number of sulfonamides is 1. The summed E-state index contributed by atoms with van der Waals surface area (Å²) in [7, 11) is -1.96. The number of hydrogen-bond acceptors (Lipinski definition) is 5. The average molecular weight is 562 g/mol. The lowest BCUT2D eigenvalue weighted by Crippen LogP contribution is -2.36. The SMILES string of the molecule is COc1ccc(C(=O)N2CCc3ccc(NC(=O)CCc4ccc(S(=O)(=O)NC5CCCCC5)cc4)cc32)cc1. The van der Waals surface area contributed by atoms with E-state index in [-0.39, 0.29) is 29.2 Å². The van der Waals surface area contributed by atoms with E-state index in [1.807, 2.05) is 18.2 Å². The Hall–Kier alpha value is -3.69. The van der Waals surface area contributed by atoms with Gasteiger partial charge >= 0.3 is 0 Å². The summed E-state index contributed by atoms with van der Waals surface area (Å²) in [4.78, 5) is 27.9. The molecule has 0 radical (unpaired) electrons. The van der Waals surface area contributed by atoms with Gasteiger partial charge in [0.15, 0.2) is 0 Å². The predicted octanol–water partition coefficient (Wildman–Crippen LogP) is 5.08. The summed E-state index contributed by atoms with van der Waals surface area (Å²) < 4.78 is 33.5. The van der Waals surface area contributed by atoms with Gasteiger partial charge in [-0.3, -0.25) is 9.59 Å². The van der Waals surface area contributed by atoms with Crippen LogP contribution in [0.3, 0.4) is 0 Å². The van der Waals surface area contributed by atoms with Crippen molar-refractivity contribution in [3.05, 3.63) is 83.4 Å². The maximum absolute atomic E-state index is 13.1. The number of nitrogens with zero attached hydrogens (tertiary/aromatic N) is 1. The van der Waals surface area contributed by atoms with Gasteiger partial charge in [0, 0.05) is 35.9 Å². The number of aryl methyl sites for hydroxylation is 1. The molecule has 40 heavy (non-hydrogen) atoms. The van der Waals surface area contributed by atoms with Gasteiger partial charge in [-0.05, 0) is 85.3 Å². The molecule has 9 heteroatoms. The van der Waals surface area contributed by atoms with Crippen LogP contribution in [-0.4, -0.2) is 39.9 Å². The third kappa shape index (κ3) is 6.54. The third-order valence-corrected chi connectivity index (χ3v) is 9.18. The zero-order valence-electron chi connectivity index (χ0n) is 22.7. The van der Waals surface area contributed by atoms with E-state index >= 15 is 0 Å². The number of benzene rings is 3. The van der Waals surface area contributed by atoms with Gasteiger partial charge in [-0.2, -0.15) is 0 Å². The minimum Gasteiger partial charge on any atom is -0.497 e. The van der Waals surface area contributed by atoms with Crippen LogP contribution >= 0.6 is 0 Å². The molecule has 1 aliphatic carbocycles. The summed E-state index contributed by atoms with van der Waals surface area (Å²) in [6.45, 7) is 0.583.